The van der Waals surface area contributed by atoms with Gasteiger partial charge >= 0.3 is 0 Å². The topological polar surface area (TPSA) is 72.0 Å². The van der Waals surface area contributed by atoms with Crippen molar-refractivity contribution in [2.75, 3.05) is 24.6 Å². The van der Waals surface area contributed by atoms with Crippen molar-refractivity contribution in [2.45, 2.75) is 39.5 Å². The van der Waals surface area contributed by atoms with Crippen molar-refractivity contribution in [1.82, 2.24) is 9.88 Å². The number of aromatic nitrogens is 1. The zero-order valence-electron chi connectivity index (χ0n) is 16.2. The predicted octanol–water partition coefficient (Wildman–Crippen LogP) is 2.63. The number of ether oxygens (including phenoxy) is 2. The van der Waals surface area contributed by atoms with E-state index in [0.717, 1.165) is 16.3 Å². The van der Waals surface area contributed by atoms with Gasteiger partial charge in [0.05, 0.1) is 24.4 Å². The molecule has 2 amide bonds. The largest absolute Gasteiger partial charge is 0.482 e. The molecule has 0 N–H and O–H groups in total. The number of amides is 2. The highest BCUT2D eigenvalue weighted by Crippen LogP contribution is 2.34. The Morgan fingerprint density at radius 1 is 1.29 bits per heavy atom. The van der Waals surface area contributed by atoms with Gasteiger partial charge in [-0.15, -0.1) is 11.3 Å². The number of carbonyl (C=O) groups excluding carboxylic acids is 2. The fourth-order valence-corrected chi connectivity index (χ4v) is 4.36. The van der Waals surface area contributed by atoms with Crippen molar-refractivity contribution in [1.29, 1.82) is 0 Å². The SMILES string of the molecule is Cc1ccc2c(c1)OCC(=O)N2Cc1nc(C(=O)N2CC(C)OC(C)C2)cs1. The molecule has 7 nitrogen and oxygen atoms in total. The quantitative estimate of drug-likeness (QED) is 0.791. The summed E-state index contributed by atoms with van der Waals surface area (Å²) in [6, 6.07) is 5.76. The van der Waals surface area contributed by atoms with Crippen molar-refractivity contribution in [3.63, 3.8) is 0 Å². The smallest absolute Gasteiger partial charge is 0.273 e. The predicted molar refractivity (Wildman–Crippen MR) is 106 cm³/mol. The average Bonchev–Trinajstić information content (AvgIpc) is 3.11. The molecule has 2 aromatic rings. The number of aryl methyl sites for hydroxylation is 1. The van der Waals surface area contributed by atoms with Gasteiger partial charge in [-0.1, -0.05) is 6.07 Å². The van der Waals surface area contributed by atoms with Gasteiger partial charge in [0, 0.05) is 18.5 Å². The molecule has 0 aliphatic carbocycles. The molecule has 3 heterocycles. The van der Waals surface area contributed by atoms with E-state index in [1.807, 2.05) is 39.0 Å². The van der Waals surface area contributed by atoms with Gasteiger partial charge in [0.2, 0.25) is 0 Å². The molecule has 2 atom stereocenters. The Balaban J connectivity index is 1.51. The summed E-state index contributed by atoms with van der Waals surface area (Å²) < 4.78 is 11.2. The van der Waals surface area contributed by atoms with Gasteiger partial charge < -0.3 is 14.4 Å². The number of rotatable bonds is 3. The summed E-state index contributed by atoms with van der Waals surface area (Å²) >= 11 is 1.39. The maximum atomic E-state index is 12.8. The zero-order valence-corrected chi connectivity index (χ0v) is 17.0. The van der Waals surface area contributed by atoms with Crippen LogP contribution in [0.2, 0.25) is 0 Å². The van der Waals surface area contributed by atoms with Crippen LogP contribution in [0.3, 0.4) is 0 Å². The lowest BCUT2D eigenvalue weighted by molar-refractivity contribution is -0.121. The Morgan fingerprint density at radius 3 is 2.79 bits per heavy atom. The first-order valence-electron chi connectivity index (χ1n) is 9.33. The molecular formula is C20H23N3O4S. The van der Waals surface area contributed by atoms with Gasteiger partial charge in [0.15, 0.2) is 6.61 Å². The first-order chi connectivity index (χ1) is 13.4. The third-order valence-electron chi connectivity index (χ3n) is 4.83. The highest BCUT2D eigenvalue weighted by Gasteiger charge is 2.29. The number of morpholine rings is 1. The molecule has 148 valence electrons. The zero-order chi connectivity index (χ0) is 19.8. The van der Waals surface area contributed by atoms with Crippen molar-refractivity contribution < 1.29 is 19.1 Å². The fraction of sp³-hybridized carbons (Fsp3) is 0.450. The van der Waals surface area contributed by atoms with E-state index in [-0.39, 0.29) is 30.6 Å². The van der Waals surface area contributed by atoms with E-state index < -0.39 is 0 Å². The molecule has 4 rings (SSSR count). The maximum Gasteiger partial charge on any atom is 0.273 e. The van der Waals surface area contributed by atoms with E-state index >= 15 is 0 Å². The summed E-state index contributed by atoms with van der Waals surface area (Å²) in [4.78, 5) is 33.2. The number of hydrogen-bond acceptors (Lipinski definition) is 6. The molecule has 0 bridgehead atoms. The molecule has 0 spiro atoms. The van der Waals surface area contributed by atoms with E-state index in [2.05, 4.69) is 4.98 Å². The second-order valence-corrected chi connectivity index (χ2v) is 8.28. The first-order valence-corrected chi connectivity index (χ1v) is 10.2. The Morgan fingerprint density at radius 2 is 2.04 bits per heavy atom. The molecule has 2 unspecified atom stereocenters. The monoisotopic (exact) mass is 401 g/mol. The molecule has 1 aromatic carbocycles. The van der Waals surface area contributed by atoms with E-state index in [1.54, 1.807) is 15.2 Å². The Bertz CT molecular complexity index is 903. The summed E-state index contributed by atoms with van der Waals surface area (Å²) in [6.07, 6.45) is 0.0217. The summed E-state index contributed by atoms with van der Waals surface area (Å²) in [5, 5.41) is 2.49. The standard InChI is InChI=1S/C20H23N3O4S/c1-12-4-5-16-17(6-12)26-10-19(24)23(16)9-18-21-15(11-28-18)20(25)22-7-13(2)27-14(3)8-22/h4-6,11,13-14H,7-10H2,1-3H3. The van der Waals surface area contributed by atoms with E-state index in [4.69, 9.17) is 9.47 Å². The molecule has 2 aliphatic rings. The van der Waals surface area contributed by atoms with Gasteiger partial charge in [-0.3, -0.25) is 14.5 Å². The van der Waals surface area contributed by atoms with Crippen LogP contribution in [0.25, 0.3) is 0 Å². The first kappa shape index (κ1) is 18.9. The van der Waals surface area contributed by atoms with Crippen LogP contribution < -0.4 is 9.64 Å². The van der Waals surface area contributed by atoms with Gasteiger partial charge in [0.1, 0.15) is 16.5 Å². The summed E-state index contributed by atoms with van der Waals surface area (Å²) in [5.74, 6) is 0.493. The molecule has 28 heavy (non-hydrogen) atoms. The summed E-state index contributed by atoms with van der Waals surface area (Å²) in [6.45, 7) is 7.37. The lowest BCUT2D eigenvalue weighted by Crippen LogP contribution is -2.48. The highest BCUT2D eigenvalue weighted by atomic mass is 32.1. The molecular weight excluding hydrogens is 378 g/mol. The van der Waals surface area contributed by atoms with Crippen LogP contribution in [0.1, 0.15) is 34.9 Å². The minimum Gasteiger partial charge on any atom is -0.482 e. The third-order valence-corrected chi connectivity index (χ3v) is 5.66. The second-order valence-electron chi connectivity index (χ2n) is 7.33. The lowest BCUT2D eigenvalue weighted by Gasteiger charge is -2.34. The van der Waals surface area contributed by atoms with Crippen LogP contribution in [0.4, 0.5) is 5.69 Å². The van der Waals surface area contributed by atoms with Crippen molar-refractivity contribution in [3.05, 3.63) is 39.8 Å². The molecule has 0 radical (unpaired) electrons. The molecule has 1 fully saturated rings. The Kier molecular flexibility index (Phi) is 5.07. The van der Waals surface area contributed by atoms with Gasteiger partial charge in [-0.25, -0.2) is 4.98 Å². The van der Waals surface area contributed by atoms with Crippen molar-refractivity contribution >= 4 is 28.8 Å². The number of nitrogens with zero attached hydrogens (tertiary/aromatic N) is 3. The molecule has 8 heteroatoms. The average molecular weight is 401 g/mol. The van der Waals surface area contributed by atoms with Gasteiger partial charge in [-0.2, -0.15) is 0 Å². The third kappa shape index (κ3) is 3.74. The van der Waals surface area contributed by atoms with Crippen LogP contribution in [0.15, 0.2) is 23.6 Å². The molecule has 1 aromatic heterocycles. The molecule has 0 saturated carbocycles. The maximum absolute atomic E-state index is 12.8. The second kappa shape index (κ2) is 7.52. The van der Waals surface area contributed by atoms with Gasteiger partial charge in [0.25, 0.3) is 11.8 Å². The number of hydrogen-bond donors (Lipinski definition) is 0. The normalized spacial score (nSPS) is 22.0. The minimum atomic E-state index is -0.116. The van der Waals surface area contributed by atoms with Crippen molar-refractivity contribution in [3.8, 4) is 5.75 Å². The van der Waals surface area contributed by atoms with Crippen LogP contribution in [0.5, 0.6) is 5.75 Å². The Labute approximate surface area is 167 Å². The van der Waals surface area contributed by atoms with Crippen LogP contribution in [-0.4, -0.2) is 53.6 Å². The number of thiazole rings is 1. The molecule has 2 aliphatic heterocycles. The van der Waals surface area contributed by atoms with E-state index in [9.17, 15) is 9.59 Å². The summed E-state index contributed by atoms with van der Waals surface area (Å²) in [5.41, 5.74) is 2.23. The number of anilines is 1. The highest BCUT2D eigenvalue weighted by molar-refractivity contribution is 7.09. The minimum absolute atomic E-state index is 0.0109. The van der Waals surface area contributed by atoms with E-state index in [0.29, 0.717) is 31.1 Å². The van der Waals surface area contributed by atoms with E-state index in [1.165, 1.54) is 11.3 Å². The van der Waals surface area contributed by atoms with Crippen LogP contribution >= 0.6 is 11.3 Å². The molecule has 1 saturated heterocycles. The lowest BCUT2D eigenvalue weighted by atomic mass is 10.1. The summed E-state index contributed by atoms with van der Waals surface area (Å²) in [7, 11) is 0. The number of fused-ring (bicyclic) bond motifs is 1. The van der Waals surface area contributed by atoms with Crippen molar-refractivity contribution in [2.24, 2.45) is 0 Å². The fourth-order valence-electron chi connectivity index (χ4n) is 3.61. The number of benzene rings is 1. The van der Waals surface area contributed by atoms with Gasteiger partial charge in [-0.05, 0) is 38.5 Å². The number of carbonyl (C=O) groups is 2. The van der Waals surface area contributed by atoms with Crippen LogP contribution in [-0.2, 0) is 16.1 Å². The van der Waals surface area contributed by atoms with Crippen LogP contribution in [0, 0.1) is 6.92 Å². The Hall–Kier alpha value is -2.45.